The van der Waals surface area contributed by atoms with Crippen LogP contribution in [0, 0.1) is 0 Å². The maximum absolute atomic E-state index is 11.5. The minimum Gasteiger partial charge on any atom is -0.375 e. The number of nitrogens with zero attached hydrogens (tertiary/aromatic N) is 4. The van der Waals surface area contributed by atoms with Crippen LogP contribution in [0.2, 0.25) is 0 Å². The summed E-state index contributed by atoms with van der Waals surface area (Å²) in [5, 5.41) is 2.71. The lowest BCUT2D eigenvalue weighted by Crippen LogP contribution is -2.22. The number of carbonyl (C=O) groups is 1. The molecule has 100 valence electrons. The topological polar surface area (TPSA) is 70.6 Å². The lowest BCUT2D eigenvalue weighted by molar-refractivity contribution is -0.119. The van der Waals surface area contributed by atoms with Crippen LogP contribution >= 0.6 is 0 Å². The number of amides is 1. The SMILES string of the molecule is COCC(=O)Nc1cnc(N(C)C)nc1N(C)C. The molecule has 0 fully saturated rings. The standard InChI is InChI=1S/C11H19N5O2/c1-15(2)10-8(13-9(17)7-18-5)6-12-11(14-10)16(3)4/h6H,7H2,1-5H3,(H,13,17). The van der Waals surface area contributed by atoms with Crippen molar-refractivity contribution in [2.24, 2.45) is 0 Å². The summed E-state index contributed by atoms with van der Waals surface area (Å²) in [7, 11) is 8.90. The predicted molar refractivity (Wildman–Crippen MR) is 71.2 cm³/mol. The van der Waals surface area contributed by atoms with Gasteiger partial charge in [-0.25, -0.2) is 4.98 Å². The van der Waals surface area contributed by atoms with Gasteiger partial charge >= 0.3 is 0 Å². The summed E-state index contributed by atoms with van der Waals surface area (Å²) in [5.41, 5.74) is 0.563. The first-order valence-electron chi connectivity index (χ1n) is 5.46. The molecule has 0 aromatic carbocycles. The zero-order valence-electron chi connectivity index (χ0n) is 11.4. The number of ether oxygens (including phenoxy) is 1. The largest absolute Gasteiger partial charge is 0.375 e. The van der Waals surface area contributed by atoms with Crippen LogP contribution in [0.4, 0.5) is 17.5 Å². The third kappa shape index (κ3) is 3.56. The third-order valence-corrected chi connectivity index (χ3v) is 2.13. The summed E-state index contributed by atoms with van der Waals surface area (Å²) in [6.45, 7) is 0.00228. The average Bonchev–Trinajstić information content (AvgIpc) is 2.29. The first kappa shape index (κ1) is 14.2. The molecule has 0 unspecified atom stereocenters. The van der Waals surface area contributed by atoms with Crippen molar-refractivity contribution in [1.29, 1.82) is 0 Å². The highest BCUT2D eigenvalue weighted by Crippen LogP contribution is 2.22. The van der Waals surface area contributed by atoms with Crippen molar-refractivity contribution in [3.8, 4) is 0 Å². The fraction of sp³-hybridized carbons (Fsp3) is 0.545. The van der Waals surface area contributed by atoms with E-state index in [1.165, 1.54) is 7.11 Å². The van der Waals surface area contributed by atoms with Gasteiger partial charge in [0.15, 0.2) is 5.82 Å². The molecule has 1 rings (SSSR count). The number of hydrogen-bond acceptors (Lipinski definition) is 6. The second-order valence-corrected chi connectivity index (χ2v) is 4.18. The zero-order valence-corrected chi connectivity index (χ0v) is 11.4. The quantitative estimate of drug-likeness (QED) is 0.808. The monoisotopic (exact) mass is 253 g/mol. The van der Waals surface area contributed by atoms with Crippen LogP contribution in [0.1, 0.15) is 0 Å². The number of carbonyl (C=O) groups excluding carboxylic acids is 1. The van der Waals surface area contributed by atoms with Crippen molar-refractivity contribution < 1.29 is 9.53 Å². The maximum Gasteiger partial charge on any atom is 0.250 e. The van der Waals surface area contributed by atoms with Crippen LogP contribution in [0.5, 0.6) is 0 Å². The molecule has 0 aliphatic rings. The molecule has 0 saturated carbocycles. The number of methoxy groups -OCH3 is 1. The Bertz CT molecular complexity index is 420. The molecule has 7 nitrogen and oxygen atoms in total. The maximum atomic E-state index is 11.5. The van der Waals surface area contributed by atoms with Gasteiger partial charge in [0.25, 0.3) is 0 Å². The molecule has 7 heteroatoms. The minimum absolute atomic E-state index is 0.00228. The highest BCUT2D eigenvalue weighted by molar-refractivity contribution is 5.94. The molecule has 0 radical (unpaired) electrons. The Kier molecular flexibility index (Phi) is 4.85. The number of aromatic nitrogens is 2. The summed E-state index contributed by atoms with van der Waals surface area (Å²) in [6.07, 6.45) is 1.59. The molecule has 0 atom stereocenters. The van der Waals surface area contributed by atoms with E-state index in [1.54, 1.807) is 11.1 Å². The lowest BCUT2D eigenvalue weighted by Gasteiger charge is -2.19. The van der Waals surface area contributed by atoms with Crippen molar-refractivity contribution in [2.45, 2.75) is 0 Å². The molecule has 0 aliphatic carbocycles. The van der Waals surface area contributed by atoms with Crippen LogP contribution in [0.15, 0.2) is 6.20 Å². The van der Waals surface area contributed by atoms with Gasteiger partial charge < -0.3 is 19.9 Å². The van der Waals surface area contributed by atoms with E-state index in [4.69, 9.17) is 4.74 Å². The molecular formula is C11H19N5O2. The van der Waals surface area contributed by atoms with Crippen LogP contribution in [-0.2, 0) is 9.53 Å². The Morgan fingerprint density at radius 2 is 2.00 bits per heavy atom. The molecule has 0 saturated heterocycles. The molecule has 18 heavy (non-hydrogen) atoms. The summed E-state index contributed by atoms with van der Waals surface area (Å²) in [5.74, 6) is 1.00. The van der Waals surface area contributed by atoms with Crippen molar-refractivity contribution in [3.63, 3.8) is 0 Å². The molecule has 0 spiro atoms. The van der Waals surface area contributed by atoms with Crippen molar-refractivity contribution in [1.82, 2.24) is 9.97 Å². The van der Waals surface area contributed by atoms with E-state index in [1.807, 2.05) is 33.1 Å². The van der Waals surface area contributed by atoms with Gasteiger partial charge in [0, 0.05) is 35.3 Å². The second-order valence-electron chi connectivity index (χ2n) is 4.18. The van der Waals surface area contributed by atoms with E-state index in [9.17, 15) is 4.79 Å². The van der Waals surface area contributed by atoms with Gasteiger partial charge in [-0.15, -0.1) is 0 Å². The molecule has 0 aliphatic heterocycles. The minimum atomic E-state index is -0.234. The Morgan fingerprint density at radius 3 is 2.50 bits per heavy atom. The Morgan fingerprint density at radius 1 is 1.33 bits per heavy atom. The number of anilines is 3. The number of nitrogens with one attached hydrogen (secondary N) is 1. The predicted octanol–water partition coefficient (Wildman–Crippen LogP) is 0.194. The van der Waals surface area contributed by atoms with Crippen molar-refractivity contribution in [2.75, 3.05) is 57.0 Å². The Balaban J connectivity index is 3.00. The smallest absolute Gasteiger partial charge is 0.250 e. The average molecular weight is 253 g/mol. The number of hydrogen-bond donors (Lipinski definition) is 1. The summed E-state index contributed by atoms with van der Waals surface area (Å²) in [4.78, 5) is 23.6. The van der Waals surface area contributed by atoms with Crippen molar-refractivity contribution in [3.05, 3.63) is 6.20 Å². The summed E-state index contributed by atoms with van der Waals surface area (Å²) >= 11 is 0. The molecular weight excluding hydrogens is 234 g/mol. The summed E-state index contributed by atoms with van der Waals surface area (Å²) < 4.78 is 4.76. The third-order valence-electron chi connectivity index (χ3n) is 2.13. The van der Waals surface area contributed by atoms with E-state index in [0.29, 0.717) is 17.5 Å². The van der Waals surface area contributed by atoms with Gasteiger partial charge in [0.1, 0.15) is 12.3 Å². The molecule has 0 bridgehead atoms. The second kappa shape index (κ2) is 6.15. The van der Waals surface area contributed by atoms with Crippen molar-refractivity contribution >= 4 is 23.4 Å². The molecule has 1 aromatic heterocycles. The van der Waals surface area contributed by atoms with Gasteiger partial charge in [-0.3, -0.25) is 4.79 Å². The van der Waals surface area contributed by atoms with E-state index in [2.05, 4.69) is 15.3 Å². The Hall–Kier alpha value is -1.89. The molecule has 1 heterocycles. The molecule has 1 amide bonds. The normalized spacial score (nSPS) is 10.1. The van der Waals surface area contributed by atoms with Gasteiger partial charge in [-0.1, -0.05) is 0 Å². The summed E-state index contributed by atoms with van der Waals surface area (Å²) in [6, 6.07) is 0. The van der Waals surface area contributed by atoms with E-state index < -0.39 is 0 Å². The fourth-order valence-electron chi connectivity index (χ4n) is 1.33. The van der Waals surface area contributed by atoms with Crippen LogP contribution in [0.25, 0.3) is 0 Å². The van der Waals surface area contributed by atoms with E-state index in [0.717, 1.165) is 0 Å². The van der Waals surface area contributed by atoms with E-state index >= 15 is 0 Å². The molecule has 1 N–H and O–H groups in total. The van der Waals surface area contributed by atoms with Crippen LogP contribution < -0.4 is 15.1 Å². The van der Waals surface area contributed by atoms with Crippen LogP contribution in [-0.4, -0.2) is 57.8 Å². The highest BCUT2D eigenvalue weighted by Gasteiger charge is 2.12. The Labute approximate surface area is 107 Å². The van der Waals surface area contributed by atoms with Gasteiger partial charge in [-0.05, 0) is 0 Å². The lowest BCUT2D eigenvalue weighted by atomic mass is 10.4. The van der Waals surface area contributed by atoms with Gasteiger partial charge in [0.2, 0.25) is 11.9 Å². The first-order chi connectivity index (χ1) is 8.45. The van der Waals surface area contributed by atoms with Crippen LogP contribution in [0.3, 0.4) is 0 Å². The van der Waals surface area contributed by atoms with E-state index in [-0.39, 0.29) is 12.5 Å². The zero-order chi connectivity index (χ0) is 13.7. The number of rotatable bonds is 5. The van der Waals surface area contributed by atoms with Gasteiger partial charge in [-0.2, -0.15) is 4.98 Å². The van der Waals surface area contributed by atoms with Gasteiger partial charge in [0.05, 0.1) is 6.20 Å². The molecule has 1 aromatic rings. The highest BCUT2D eigenvalue weighted by atomic mass is 16.5. The fourth-order valence-corrected chi connectivity index (χ4v) is 1.33. The first-order valence-corrected chi connectivity index (χ1v) is 5.46.